The van der Waals surface area contributed by atoms with E-state index in [9.17, 15) is 9.18 Å². The number of amides is 1. The fourth-order valence-electron chi connectivity index (χ4n) is 1.37. The van der Waals surface area contributed by atoms with Crippen molar-refractivity contribution in [3.8, 4) is 0 Å². The third-order valence-corrected chi connectivity index (χ3v) is 3.22. The summed E-state index contributed by atoms with van der Waals surface area (Å²) in [7, 11) is 0. The lowest BCUT2D eigenvalue weighted by Gasteiger charge is -2.20. The van der Waals surface area contributed by atoms with Crippen LogP contribution in [0.25, 0.3) is 0 Å². The van der Waals surface area contributed by atoms with Gasteiger partial charge in [-0.05, 0) is 35.0 Å². The van der Waals surface area contributed by atoms with Gasteiger partial charge in [-0.25, -0.2) is 4.39 Å². The average molecular weight is 353 g/mol. The predicted octanol–water partition coefficient (Wildman–Crippen LogP) is 3.45. The molecule has 1 aromatic carbocycles. The molecule has 0 radical (unpaired) electrons. The lowest BCUT2D eigenvalue weighted by molar-refractivity contribution is 0.0769. The maximum absolute atomic E-state index is 13.5. The Balaban J connectivity index is 3.03. The van der Waals surface area contributed by atoms with E-state index in [0.29, 0.717) is 22.9 Å². The van der Waals surface area contributed by atoms with Crippen molar-refractivity contribution in [1.29, 1.82) is 0 Å². The molecule has 1 rings (SSSR count). The summed E-state index contributed by atoms with van der Waals surface area (Å²) in [5.74, 6) is -0.778. The molecule has 0 saturated heterocycles. The summed E-state index contributed by atoms with van der Waals surface area (Å²) in [4.78, 5) is 13.6. The van der Waals surface area contributed by atoms with Gasteiger partial charge in [-0.3, -0.25) is 4.79 Å². The second kappa shape index (κ2) is 6.35. The van der Waals surface area contributed by atoms with Gasteiger partial charge in [0, 0.05) is 22.9 Å². The maximum Gasteiger partial charge on any atom is 0.258 e. The Hall–Kier alpha value is -0.420. The first-order chi connectivity index (χ1) is 7.61. The summed E-state index contributed by atoms with van der Waals surface area (Å²) < 4.78 is 14.0. The van der Waals surface area contributed by atoms with Crippen LogP contribution in [0.4, 0.5) is 4.39 Å². The first-order valence-electron chi connectivity index (χ1n) is 4.91. The normalized spacial score (nSPS) is 10.2. The van der Waals surface area contributed by atoms with E-state index in [1.54, 1.807) is 17.0 Å². The zero-order chi connectivity index (χ0) is 12.1. The Labute approximate surface area is 111 Å². The van der Waals surface area contributed by atoms with Crippen molar-refractivity contribution in [3.63, 3.8) is 0 Å². The number of hydrogen-bond acceptors (Lipinski definition) is 1. The van der Waals surface area contributed by atoms with Crippen molar-refractivity contribution in [2.75, 3.05) is 18.4 Å². The molecule has 0 aliphatic heterocycles. The molecule has 0 aliphatic rings. The Morgan fingerprint density at radius 2 is 2.19 bits per heavy atom. The number of rotatable bonds is 4. The Bertz CT molecular complexity index is 364. The van der Waals surface area contributed by atoms with Gasteiger partial charge in [0.2, 0.25) is 0 Å². The fraction of sp³-hybridized carbons (Fsp3) is 0.364. The number of hydrogen-bond donors (Lipinski definition) is 0. The standard InChI is InChI=1S/C11H12Br2FNO/c1-2-15(7-6-12)11(16)10-8(13)4-3-5-9(10)14/h3-5H,2,6-7H2,1H3. The molecule has 88 valence electrons. The Morgan fingerprint density at radius 3 is 2.69 bits per heavy atom. The van der Waals surface area contributed by atoms with Crippen LogP contribution in [-0.4, -0.2) is 29.2 Å². The minimum Gasteiger partial charge on any atom is -0.338 e. The van der Waals surface area contributed by atoms with Crippen LogP contribution in [0.15, 0.2) is 22.7 Å². The van der Waals surface area contributed by atoms with E-state index >= 15 is 0 Å². The van der Waals surface area contributed by atoms with Gasteiger partial charge in [-0.1, -0.05) is 22.0 Å². The molecule has 1 amide bonds. The minimum atomic E-state index is -0.493. The highest BCUT2D eigenvalue weighted by Crippen LogP contribution is 2.21. The third kappa shape index (κ3) is 3.04. The van der Waals surface area contributed by atoms with Gasteiger partial charge in [0.1, 0.15) is 5.82 Å². The highest BCUT2D eigenvalue weighted by Gasteiger charge is 2.20. The molecule has 0 atom stereocenters. The smallest absolute Gasteiger partial charge is 0.258 e. The number of carbonyl (C=O) groups excluding carboxylic acids is 1. The van der Waals surface area contributed by atoms with E-state index < -0.39 is 5.82 Å². The van der Waals surface area contributed by atoms with Crippen molar-refractivity contribution in [2.24, 2.45) is 0 Å². The summed E-state index contributed by atoms with van der Waals surface area (Å²) in [5, 5.41) is 0.679. The number of carbonyl (C=O) groups is 1. The second-order valence-electron chi connectivity index (χ2n) is 3.17. The van der Waals surface area contributed by atoms with Gasteiger partial charge in [0.15, 0.2) is 0 Å². The van der Waals surface area contributed by atoms with E-state index in [4.69, 9.17) is 0 Å². The number of benzene rings is 1. The van der Waals surface area contributed by atoms with Crippen LogP contribution in [-0.2, 0) is 0 Å². The van der Waals surface area contributed by atoms with Crippen LogP contribution in [0.2, 0.25) is 0 Å². The van der Waals surface area contributed by atoms with Gasteiger partial charge in [0.05, 0.1) is 5.56 Å². The topological polar surface area (TPSA) is 20.3 Å². The molecule has 0 heterocycles. The molecule has 0 aromatic heterocycles. The SMILES string of the molecule is CCN(CCBr)C(=O)c1c(F)cccc1Br. The molecule has 1 aromatic rings. The van der Waals surface area contributed by atoms with Crippen LogP contribution in [0.1, 0.15) is 17.3 Å². The Kier molecular flexibility index (Phi) is 5.41. The molecule has 16 heavy (non-hydrogen) atoms. The summed E-state index contributed by atoms with van der Waals surface area (Å²) in [6, 6.07) is 4.52. The molecular formula is C11H12Br2FNO. The number of alkyl halides is 1. The molecule has 0 unspecified atom stereocenters. The van der Waals surface area contributed by atoms with Crippen molar-refractivity contribution in [3.05, 3.63) is 34.1 Å². The molecule has 5 heteroatoms. The van der Waals surface area contributed by atoms with E-state index in [0.717, 1.165) is 0 Å². The van der Waals surface area contributed by atoms with Crippen LogP contribution in [0.5, 0.6) is 0 Å². The third-order valence-electron chi connectivity index (χ3n) is 2.20. The van der Waals surface area contributed by atoms with E-state index in [2.05, 4.69) is 31.9 Å². The second-order valence-corrected chi connectivity index (χ2v) is 4.82. The summed E-state index contributed by atoms with van der Waals surface area (Å²) >= 11 is 6.47. The average Bonchev–Trinajstić information content (AvgIpc) is 2.25. The highest BCUT2D eigenvalue weighted by molar-refractivity contribution is 9.10. The van der Waals surface area contributed by atoms with Gasteiger partial charge in [0.25, 0.3) is 5.91 Å². The molecule has 0 spiro atoms. The maximum atomic E-state index is 13.5. The molecule has 0 saturated carbocycles. The van der Waals surface area contributed by atoms with E-state index in [-0.39, 0.29) is 11.5 Å². The van der Waals surface area contributed by atoms with Gasteiger partial charge in [-0.15, -0.1) is 0 Å². The van der Waals surface area contributed by atoms with Crippen LogP contribution in [0, 0.1) is 5.82 Å². The lowest BCUT2D eigenvalue weighted by Crippen LogP contribution is -2.33. The quantitative estimate of drug-likeness (QED) is 0.760. The first-order valence-corrected chi connectivity index (χ1v) is 6.82. The van der Waals surface area contributed by atoms with Gasteiger partial charge < -0.3 is 4.90 Å². The van der Waals surface area contributed by atoms with Crippen molar-refractivity contribution in [1.82, 2.24) is 4.90 Å². The molecule has 0 N–H and O–H groups in total. The molecule has 2 nitrogen and oxygen atoms in total. The molecular weight excluding hydrogens is 341 g/mol. The van der Waals surface area contributed by atoms with Gasteiger partial charge in [-0.2, -0.15) is 0 Å². The fourth-order valence-corrected chi connectivity index (χ4v) is 2.31. The van der Waals surface area contributed by atoms with Crippen LogP contribution >= 0.6 is 31.9 Å². The highest BCUT2D eigenvalue weighted by atomic mass is 79.9. The first kappa shape index (κ1) is 13.6. The summed E-state index contributed by atoms with van der Waals surface area (Å²) in [6.45, 7) is 3.00. The summed E-state index contributed by atoms with van der Waals surface area (Å²) in [5.41, 5.74) is 0.102. The zero-order valence-corrected chi connectivity index (χ0v) is 12.0. The van der Waals surface area contributed by atoms with E-state index in [1.165, 1.54) is 6.07 Å². The number of halogens is 3. The minimum absolute atomic E-state index is 0.102. The largest absolute Gasteiger partial charge is 0.338 e. The van der Waals surface area contributed by atoms with Crippen molar-refractivity contribution < 1.29 is 9.18 Å². The Morgan fingerprint density at radius 1 is 1.50 bits per heavy atom. The zero-order valence-electron chi connectivity index (χ0n) is 8.84. The van der Waals surface area contributed by atoms with E-state index in [1.807, 2.05) is 6.92 Å². The van der Waals surface area contributed by atoms with Crippen molar-refractivity contribution >= 4 is 37.8 Å². The summed E-state index contributed by atoms with van der Waals surface area (Å²) in [6.07, 6.45) is 0. The molecule has 0 aliphatic carbocycles. The van der Waals surface area contributed by atoms with Crippen LogP contribution in [0.3, 0.4) is 0 Å². The molecule has 0 bridgehead atoms. The number of nitrogens with zero attached hydrogens (tertiary/aromatic N) is 1. The van der Waals surface area contributed by atoms with Gasteiger partial charge >= 0.3 is 0 Å². The monoisotopic (exact) mass is 351 g/mol. The molecule has 0 fully saturated rings. The lowest BCUT2D eigenvalue weighted by atomic mass is 10.2. The van der Waals surface area contributed by atoms with Crippen molar-refractivity contribution in [2.45, 2.75) is 6.92 Å². The predicted molar refractivity (Wildman–Crippen MR) is 69.5 cm³/mol. The van der Waals surface area contributed by atoms with Crippen LogP contribution < -0.4 is 0 Å².